The molecule has 59 heavy (non-hydrogen) atoms. The molecule has 10 aromatic rings. The van der Waals surface area contributed by atoms with E-state index in [1.54, 1.807) is 0 Å². The van der Waals surface area contributed by atoms with Crippen LogP contribution in [0.3, 0.4) is 0 Å². The first kappa shape index (κ1) is 34.7. The van der Waals surface area contributed by atoms with Crippen LogP contribution in [0.15, 0.2) is 194 Å². The van der Waals surface area contributed by atoms with Gasteiger partial charge < -0.3 is 0 Å². The summed E-state index contributed by atoms with van der Waals surface area (Å²) in [5.74, 6) is 1.90. The first-order valence-corrected chi connectivity index (χ1v) is 20.1. The van der Waals surface area contributed by atoms with E-state index in [-0.39, 0.29) is 5.41 Å². The van der Waals surface area contributed by atoms with E-state index >= 15 is 0 Å². The van der Waals surface area contributed by atoms with Crippen molar-refractivity contribution in [2.24, 2.45) is 0 Å². The van der Waals surface area contributed by atoms with Crippen molar-refractivity contribution in [1.82, 2.24) is 19.9 Å². The molecule has 0 bridgehead atoms. The number of pyridine rings is 1. The third-order valence-electron chi connectivity index (χ3n) is 11.9. The predicted molar refractivity (Wildman–Crippen MR) is 243 cm³/mol. The highest BCUT2D eigenvalue weighted by molar-refractivity contribution is 6.11. The molecule has 2 aromatic heterocycles. The van der Waals surface area contributed by atoms with Crippen molar-refractivity contribution in [3.8, 4) is 78.8 Å². The average Bonchev–Trinajstić information content (AvgIpc) is 3.55. The number of rotatable bonds is 6. The summed E-state index contributed by atoms with van der Waals surface area (Å²) in [6, 6.07) is 68.5. The lowest BCUT2D eigenvalue weighted by atomic mass is 9.82. The average molecular weight is 755 g/mol. The molecule has 4 heteroatoms. The van der Waals surface area contributed by atoms with Crippen LogP contribution in [0.2, 0.25) is 0 Å². The van der Waals surface area contributed by atoms with Crippen LogP contribution in [0.5, 0.6) is 0 Å². The third kappa shape index (κ3) is 5.92. The lowest BCUT2D eigenvalue weighted by Crippen LogP contribution is -2.14. The highest BCUT2D eigenvalue weighted by atomic mass is 15.0. The zero-order valence-corrected chi connectivity index (χ0v) is 32.8. The molecule has 0 aliphatic heterocycles. The summed E-state index contributed by atoms with van der Waals surface area (Å²) in [6.07, 6.45) is 0. The maximum atomic E-state index is 5.19. The Morgan fingerprint density at radius 3 is 1.54 bits per heavy atom. The molecule has 11 rings (SSSR count). The van der Waals surface area contributed by atoms with E-state index in [1.807, 2.05) is 36.4 Å². The molecule has 1 aliphatic carbocycles. The van der Waals surface area contributed by atoms with E-state index in [9.17, 15) is 0 Å². The van der Waals surface area contributed by atoms with Crippen molar-refractivity contribution in [3.63, 3.8) is 0 Å². The second-order valence-electron chi connectivity index (χ2n) is 15.8. The monoisotopic (exact) mass is 754 g/mol. The lowest BCUT2D eigenvalue weighted by Gasteiger charge is -2.21. The fraction of sp³-hybridized carbons (Fsp3) is 0.0545. The van der Waals surface area contributed by atoms with Gasteiger partial charge in [0.25, 0.3) is 0 Å². The standard InChI is InChI=1S/C55H38N4/c1-55(2)47-25-13-11-23-46(47)50-42(24-15-26-48(50)55)40-32-39(35-28-30-36(31-29-35)51-45-22-10-9-20-43(45)44-21-12-14-27-49(44)56-51)33-41(34-40)54-58-52(37-16-5-3-6-17-37)57-53(59-54)38-18-7-4-8-19-38/h3-34H,1-2H3. The van der Waals surface area contributed by atoms with Gasteiger partial charge in [-0.25, -0.2) is 19.9 Å². The van der Waals surface area contributed by atoms with Crippen LogP contribution in [0, 0.1) is 0 Å². The van der Waals surface area contributed by atoms with Crippen LogP contribution in [0.25, 0.3) is 100 Å². The maximum absolute atomic E-state index is 5.19. The number of fused-ring (bicyclic) bond motifs is 6. The van der Waals surface area contributed by atoms with Crippen LogP contribution in [-0.2, 0) is 5.41 Å². The van der Waals surface area contributed by atoms with Gasteiger partial charge >= 0.3 is 0 Å². The molecule has 0 amide bonds. The van der Waals surface area contributed by atoms with Gasteiger partial charge in [0, 0.05) is 38.4 Å². The zero-order chi connectivity index (χ0) is 39.5. The second-order valence-corrected chi connectivity index (χ2v) is 15.8. The molecule has 2 heterocycles. The number of para-hydroxylation sites is 1. The van der Waals surface area contributed by atoms with Crippen LogP contribution < -0.4 is 0 Å². The number of nitrogens with zero attached hydrogens (tertiary/aromatic N) is 4. The van der Waals surface area contributed by atoms with Crippen LogP contribution in [-0.4, -0.2) is 19.9 Å². The molecule has 0 spiro atoms. The van der Waals surface area contributed by atoms with E-state index in [2.05, 4.69) is 172 Å². The summed E-state index contributed by atoms with van der Waals surface area (Å²) in [5.41, 5.74) is 15.4. The van der Waals surface area contributed by atoms with Crippen LogP contribution in [0.4, 0.5) is 0 Å². The molecule has 278 valence electrons. The van der Waals surface area contributed by atoms with E-state index in [1.165, 1.54) is 33.2 Å². The van der Waals surface area contributed by atoms with Crippen molar-refractivity contribution in [2.75, 3.05) is 0 Å². The molecule has 0 fully saturated rings. The van der Waals surface area contributed by atoms with Gasteiger partial charge in [0.15, 0.2) is 17.5 Å². The Morgan fingerprint density at radius 2 is 0.831 bits per heavy atom. The third-order valence-corrected chi connectivity index (χ3v) is 11.9. The quantitative estimate of drug-likeness (QED) is 0.159. The van der Waals surface area contributed by atoms with Crippen LogP contribution >= 0.6 is 0 Å². The SMILES string of the molecule is CC1(C)c2ccccc2-c2c(-c3cc(-c4ccc(-c5nc6ccccc6c6ccccc56)cc4)cc(-c4nc(-c5ccccc5)nc(-c5ccccc5)n4)c3)cccc21. The molecule has 0 radical (unpaired) electrons. The van der Waals surface area contributed by atoms with Gasteiger partial charge in [-0.3, -0.25) is 0 Å². The molecule has 0 saturated heterocycles. The largest absolute Gasteiger partial charge is 0.247 e. The Labute approximate surface area is 343 Å². The molecule has 1 aliphatic rings. The molecule has 0 atom stereocenters. The summed E-state index contributed by atoms with van der Waals surface area (Å²) in [5, 5.41) is 3.51. The minimum absolute atomic E-state index is 0.122. The number of benzene rings is 8. The molecular formula is C55H38N4. The zero-order valence-electron chi connectivity index (χ0n) is 32.8. The summed E-state index contributed by atoms with van der Waals surface area (Å²) in [6.45, 7) is 4.67. The number of hydrogen-bond acceptors (Lipinski definition) is 4. The Balaban J connectivity index is 1.12. The Bertz CT molecular complexity index is 3170. The minimum Gasteiger partial charge on any atom is -0.247 e. The lowest BCUT2D eigenvalue weighted by molar-refractivity contribution is 0.660. The van der Waals surface area contributed by atoms with Crippen molar-refractivity contribution >= 4 is 21.7 Å². The smallest absolute Gasteiger partial charge is 0.164 e. The van der Waals surface area contributed by atoms with E-state index < -0.39 is 0 Å². The van der Waals surface area contributed by atoms with Crippen molar-refractivity contribution in [1.29, 1.82) is 0 Å². The van der Waals surface area contributed by atoms with Gasteiger partial charge in [-0.2, -0.15) is 0 Å². The van der Waals surface area contributed by atoms with Crippen LogP contribution in [0.1, 0.15) is 25.0 Å². The van der Waals surface area contributed by atoms with Gasteiger partial charge in [0.05, 0.1) is 11.2 Å². The highest BCUT2D eigenvalue weighted by Crippen LogP contribution is 2.52. The number of aromatic nitrogens is 4. The topological polar surface area (TPSA) is 51.6 Å². The van der Waals surface area contributed by atoms with E-state index in [4.69, 9.17) is 19.9 Å². The van der Waals surface area contributed by atoms with Gasteiger partial charge in [0.2, 0.25) is 0 Å². The Morgan fingerprint density at radius 1 is 0.322 bits per heavy atom. The van der Waals surface area contributed by atoms with Gasteiger partial charge in [-0.1, -0.05) is 184 Å². The second kappa shape index (κ2) is 13.8. The van der Waals surface area contributed by atoms with Crippen molar-refractivity contribution in [2.45, 2.75) is 19.3 Å². The van der Waals surface area contributed by atoms with Crippen molar-refractivity contribution < 1.29 is 0 Å². The van der Waals surface area contributed by atoms with Crippen molar-refractivity contribution in [3.05, 3.63) is 205 Å². The number of hydrogen-bond donors (Lipinski definition) is 0. The van der Waals surface area contributed by atoms with Gasteiger partial charge in [-0.05, 0) is 74.2 Å². The van der Waals surface area contributed by atoms with E-state index in [0.717, 1.165) is 60.9 Å². The fourth-order valence-corrected chi connectivity index (χ4v) is 8.96. The van der Waals surface area contributed by atoms with E-state index in [0.29, 0.717) is 17.5 Å². The Hall–Kier alpha value is -7.56. The minimum atomic E-state index is -0.122. The van der Waals surface area contributed by atoms with Gasteiger partial charge in [-0.15, -0.1) is 0 Å². The molecule has 0 unspecified atom stereocenters. The maximum Gasteiger partial charge on any atom is 0.164 e. The molecule has 8 aromatic carbocycles. The molecule has 4 nitrogen and oxygen atoms in total. The summed E-state index contributed by atoms with van der Waals surface area (Å²) >= 11 is 0. The first-order chi connectivity index (χ1) is 29.0. The summed E-state index contributed by atoms with van der Waals surface area (Å²) in [7, 11) is 0. The summed E-state index contributed by atoms with van der Waals surface area (Å²) in [4.78, 5) is 20.5. The fourth-order valence-electron chi connectivity index (χ4n) is 8.96. The molecule has 0 N–H and O–H groups in total. The molecule has 0 saturated carbocycles. The Kier molecular flexibility index (Phi) is 8.12. The highest BCUT2D eigenvalue weighted by Gasteiger charge is 2.36. The first-order valence-electron chi connectivity index (χ1n) is 20.1. The summed E-state index contributed by atoms with van der Waals surface area (Å²) < 4.78 is 0. The van der Waals surface area contributed by atoms with Gasteiger partial charge in [0.1, 0.15) is 0 Å². The normalized spacial score (nSPS) is 12.7. The predicted octanol–water partition coefficient (Wildman–Crippen LogP) is 13.9. The molecular weight excluding hydrogens is 717 g/mol.